The lowest BCUT2D eigenvalue weighted by Crippen LogP contribution is -1.99. The Balaban J connectivity index is 2.07. The molecule has 0 radical (unpaired) electrons. The van der Waals surface area contributed by atoms with Gasteiger partial charge in [-0.3, -0.25) is 9.55 Å². The Bertz CT molecular complexity index is 644. The van der Waals surface area contributed by atoms with Gasteiger partial charge in [-0.1, -0.05) is 30.3 Å². The first-order chi connectivity index (χ1) is 8.84. The minimum Gasteiger partial charge on any atom is -0.369 e. The summed E-state index contributed by atoms with van der Waals surface area (Å²) >= 11 is 0. The lowest BCUT2D eigenvalue weighted by atomic mass is 10.2. The van der Waals surface area contributed by atoms with Gasteiger partial charge in [-0.05, 0) is 12.1 Å². The molecule has 3 rings (SSSR count). The van der Waals surface area contributed by atoms with E-state index in [2.05, 4.69) is 9.97 Å². The van der Waals surface area contributed by atoms with Crippen molar-refractivity contribution in [2.45, 2.75) is 0 Å². The number of benzene rings is 1. The van der Waals surface area contributed by atoms with Crippen molar-refractivity contribution in [3.8, 4) is 16.9 Å². The molecule has 2 N–H and O–H groups in total. The highest BCUT2D eigenvalue weighted by Crippen LogP contribution is 2.21. The Kier molecular flexibility index (Phi) is 2.53. The molecule has 0 amide bonds. The number of hydrogen-bond donors (Lipinski definition) is 1. The summed E-state index contributed by atoms with van der Waals surface area (Å²) in [6.45, 7) is 0. The molecule has 88 valence electrons. The smallest absolute Gasteiger partial charge is 0.205 e. The second-order valence-electron chi connectivity index (χ2n) is 3.93. The van der Waals surface area contributed by atoms with Crippen molar-refractivity contribution in [2.24, 2.45) is 0 Å². The summed E-state index contributed by atoms with van der Waals surface area (Å²) in [5.74, 6) is 0.460. The molecule has 0 aliphatic rings. The number of rotatable bonds is 2. The number of pyridine rings is 1. The van der Waals surface area contributed by atoms with Crippen molar-refractivity contribution in [1.82, 2.24) is 14.5 Å². The molecule has 3 aromatic rings. The Hall–Kier alpha value is -2.62. The van der Waals surface area contributed by atoms with E-state index < -0.39 is 0 Å². The zero-order valence-corrected chi connectivity index (χ0v) is 9.69. The molecule has 18 heavy (non-hydrogen) atoms. The normalized spacial score (nSPS) is 10.4. The summed E-state index contributed by atoms with van der Waals surface area (Å²) in [5, 5.41) is 0. The summed E-state index contributed by atoms with van der Waals surface area (Å²) in [6, 6.07) is 13.8. The molecule has 0 saturated carbocycles. The standard InChI is InChI=1S/C14H12N4/c15-14-17-13(11-5-2-1-3-6-11)10-18(14)12-7-4-8-16-9-12/h1-10H,(H2,15,17). The molecular weight excluding hydrogens is 224 g/mol. The molecule has 0 spiro atoms. The average Bonchev–Trinajstić information content (AvgIpc) is 2.83. The van der Waals surface area contributed by atoms with E-state index in [9.17, 15) is 0 Å². The van der Waals surface area contributed by atoms with E-state index in [0.717, 1.165) is 16.9 Å². The third-order valence-electron chi connectivity index (χ3n) is 2.73. The Morgan fingerprint density at radius 1 is 1.00 bits per heavy atom. The SMILES string of the molecule is Nc1nc(-c2ccccc2)cn1-c1cccnc1. The van der Waals surface area contributed by atoms with Crippen LogP contribution in [-0.4, -0.2) is 14.5 Å². The van der Waals surface area contributed by atoms with Crippen LogP contribution in [0.15, 0.2) is 61.1 Å². The van der Waals surface area contributed by atoms with Crippen LogP contribution in [0.2, 0.25) is 0 Å². The minimum absolute atomic E-state index is 0.460. The van der Waals surface area contributed by atoms with Crippen molar-refractivity contribution in [2.75, 3.05) is 5.73 Å². The molecule has 0 saturated heterocycles. The first kappa shape index (κ1) is 10.5. The molecule has 0 bridgehead atoms. The van der Waals surface area contributed by atoms with E-state index in [1.54, 1.807) is 12.4 Å². The van der Waals surface area contributed by atoms with E-state index in [-0.39, 0.29) is 0 Å². The van der Waals surface area contributed by atoms with Crippen LogP contribution in [-0.2, 0) is 0 Å². The van der Waals surface area contributed by atoms with Crippen LogP contribution >= 0.6 is 0 Å². The van der Waals surface area contributed by atoms with Crippen LogP contribution in [0.4, 0.5) is 5.95 Å². The molecule has 4 nitrogen and oxygen atoms in total. The van der Waals surface area contributed by atoms with Gasteiger partial charge in [-0.25, -0.2) is 4.98 Å². The minimum atomic E-state index is 0.460. The maximum Gasteiger partial charge on any atom is 0.205 e. The van der Waals surface area contributed by atoms with Gasteiger partial charge < -0.3 is 5.73 Å². The van der Waals surface area contributed by atoms with Crippen LogP contribution in [0, 0.1) is 0 Å². The molecule has 2 heterocycles. The first-order valence-corrected chi connectivity index (χ1v) is 5.65. The fourth-order valence-electron chi connectivity index (χ4n) is 1.85. The van der Waals surface area contributed by atoms with E-state index in [4.69, 9.17) is 5.73 Å². The molecule has 0 aliphatic carbocycles. The van der Waals surface area contributed by atoms with Crippen molar-refractivity contribution in [3.63, 3.8) is 0 Å². The predicted octanol–water partition coefficient (Wildman–Crippen LogP) is 2.52. The zero-order valence-electron chi connectivity index (χ0n) is 9.69. The van der Waals surface area contributed by atoms with Gasteiger partial charge in [0.05, 0.1) is 17.6 Å². The average molecular weight is 236 g/mol. The van der Waals surface area contributed by atoms with E-state index >= 15 is 0 Å². The fourth-order valence-corrected chi connectivity index (χ4v) is 1.85. The van der Waals surface area contributed by atoms with Gasteiger partial charge in [-0.15, -0.1) is 0 Å². The number of nitrogens with zero attached hydrogens (tertiary/aromatic N) is 3. The van der Waals surface area contributed by atoms with Crippen LogP contribution in [0.1, 0.15) is 0 Å². The lowest BCUT2D eigenvalue weighted by Gasteiger charge is -2.01. The maximum atomic E-state index is 5.93. The highest BCUT2D eigenvalue weighted by molar-refractivity contribution is 5.61. The third-order valence-corrected chi connectivity index (χ3v) is 2.73. The fraction of sp³-hybridized carbons (Fsp3) is 0. The lowest BCUT2D eigenvalue weighted by molar-refractivity contribution is 1.05. The van der Waals surface area contributed by atoms with Crippen LogP contribution in [0.3, 0.4) is 0 Å². The topological polar surface area (TPSA) is 56.7 Å². The van der Waals surface area contributed by atoms with Crippen molar-refractivity contribution in [1.29, 1.82) is 0 Å². The highest BCUT2D eigenvalue weighted by Gasteiger charge is 2.07. The summed E-state index contributed by atoms with van der Waals surface area (Å²) < 4.78 is 1.83. The van der Waals surface area contributed by atoms with Gasteiger partial charge in [-0.2, -0.15) is 0 Å². The summed E-state index contributed by atoms with van der Waals surface area (Å²) in [4.78, 5) is 8.45. The first-order valence-electron chi connectivity index (χ1n) is 5.65. The predicted molar refractivity (Wildman–Crippen MR) is 71.2 cm³/mol. The number of anilines is 1. The molecule has 4 heteroatoms. The van der Waals surface area contributed by atoms with Gasteiger partial charge in [0, 0.05) is 18.0 Å². The maximum absolute atomic E-state index is 5.93. The van der Waals surface area contributed by atoms with Crippen LogP contribution in [0.25, 0.3) is 16.9 Å². The summed E-state index contributed by atoms with van der Waals surface area (Å²) in [6.07, 6.45) is 5.41. The van der Waals surface area contributed by atoms with Gasteiger partial charge in [0.25, 0.3) is 0 Å². The van der Waals surface area contributed by atoms with E-state index in [1.165, 1.54) is 0 Å². The second kappa shape index (κ2) is 4.33. The number of aromatic nitrogens is 3. The van der Waals surface area contributed by atoms with Gasteiger partial charge in [0.15, 0.2) is 0 Å². The molecule has 2 aromatic heterocycles. The molecule has 0 atom stereocenters. The highest BCUT2D eigenvalue weighted by atomic mass is 15.1. The molecular formula is C14H12N4. The van der Waals surface area contributed by atoms with Crippen molar-refractivity contribution in [3.05, 3.63) is 61.1 Å². The summed E-state index contributed by atoms with van der Waals surface area (Å²) in [7, 11) is 0. The van der Waals surface area contributed by atoms with Gasteiger partial charge in [0.1, 0.15) is 0 Å². The van der Waals surface area contributed by atoms with Gasteiger partial charge in [0.2, 0.25) is 5.95 Å². The monoisotopic (exact) mass is 236 g/mol. The van der Waals surface area contributed by atoms with Gasteiger partial charge >= 0.3 is 0 Å². The third kappa shape index (κ3) is 1.84. The Morgan fingerprint density at radius 2 is 1.83 bits per heavy atom. The second-order valence-corrected chi connectivity index (χ2v) is 3.93. The summed E-state index contributed by atoms with van der Waals surface area (Å²) in [5.41, 5.74) is 8.75. The molecule has 0 fully saturated rings. The molecule has 0 aliphatic heterocycles. The Morgan fingerprint density at radius 3 is 2.56 bits per heavy atom. The Labute approximate surface area is 105 Å². The van der Waals surface area contributed by atoms with E-state index in [0.29, 0.717) is 5.95 Å². The zero-order chi connectivity index (χ0) is 12.4. The number of nitrogen functional groups attached to an aromatic ring is 1. The van der Waals surface area contributed by atoms with E-state index in [1.807, 2.05) is 53.2 Å². The van der Waals surface area contributed by atoms with Crippen molar-refractivity contribution < 1.29 is 0 Å². The number of nitrogens with two attached hydrogens (primary N) is 1. The number of hydrogen-bond acceptors (Lipinski definition) is 3. The van der Waals surface area contributed by atoms with Crippen molar-refractivity contribution >= 4 is 5.95 Å². The van der Waals surface area contributed by atoms with Crippen LogP contribution in [0.5, 0.6) is 0 Å². The molecule has 0 unspecified atom stereocenters. The quantitative estimate of drug-likeness (QED) is 0.743. The largest absolute Gasteiger partial charge is 0.369 e. The molecule has 1 aromatic carbocycles. The number of imidazole rings is 1. The van der Waals surface area contributed by atoms with Crippen LogP contribution < -0.4 is 5.73 Å².